The van der Waals surface area contributed by atoms with Gasteiger partial charge in [-0.05, 0) is 6.42 Å². The molecule has 0 aliphatic rings. The zero-order valence-electron chi connectivity index (χ0n) is 8.90. The van der Waals surface area contributed by atoms with Crippen LogP contribution in [0.3, 0.4) is 0 Å². The molecule has 16 heavy (non-hydrogen) atoms. The van der Waals surface area contributed by atoms with Gasteiger partial charge in [0.05, 0.1) is 18.8 Å². The van der Waals surface area contributed by atoms with E-state index in [2.05, 4.69) is 0 Å². The van der Waals surface area contributed by atoms with Gasteiger partial charge in [-0.15, -0.1) is 0 Å². The van der Waals surface area contributed by atoms with Crippen LogP contribution in [0.2, 0.25) is 0 Å². The lowest BCUT2D eigenvalue weighted by Gasteiger charge is -2.10. The molecule has 1 N–H and O–H groups in total. The number of hydrogen-bond donors (Lipinski definition) is 1. The summed E-state index contributed by atoms with van der Waals surface area (Å²) in [5, 5.41) is 8.73. The molecular weight excluding hydrogens is 221 g/mol. The monoisotopic (exact) mass is 234 g/mol. The molecule has 0 radical (unpaired) electrons. The predicted molar refractivity (Wildman–Crippen MR) is 52.6 cm³/mol. The Labute approximate surface area is 91.7 Å². The molecule has 0 heterocycles. The van der Waals surface area contributed by atoms with Gasteiger partial charge in [-0.25, -0.2) is 13.2 Å². The lowest BCUT2D eigenvalue weighted by atomic mass is 10.2. The van der Waals surface area contributed by atoms with E-state index in [0.29, 0.717) is 12.5 Å². The average Bonchev–Trinajstić information content (AvgIpc) is 2.23. The molecule has 0 spiro atoms. The van der Waals surface area contributed by atoms with E-state index in [0.717, 1.165) is 6.42 Å². The molecule has 0 atom stereocenters. The molecule has 0 aliphatic carbocycles. The van der Waals surface area contributed by atoms with Crippen LogP contribution in [-0.4, -0.2) is 11.7 Å². The third-order valence-electron chi connectivity index (χ3n) is 2.13. The number of benzene rings is 1. The Hall–Kier alpha value is -1.23. The van der Waals surface area contributed by atoms with Crippen LogP contribution in [0.15, 0.2) is 6.07 Å². The second-order valence-electron chi connectivity index (χ2n) is 3.32. The van der Waals surface area contributed by atoms with Gasteiger partial charge in [0.1, 0.15) is 5.82 Å². The van der Waals surface area contributed by atoms with Crippen LogP contribution in [0, 0.1) is 17.5 Å². The number of ether oxygens (including phenoxy) is 1. The maximum absolute atomic E-state index is 13.5. The van der Waals surface area contributed by atoms with Crippen molar-refractivity contribution in [1.82, 2.24) is 0 Å². The highest BCUT2D eigenvalue weighted by atomic mass is 19.1. The van der Waals surface area contributed by atoms with E-state index in [-0.39, 0.29) is 6.61 Å². The third-order valence-corrected chi connectivity index (χ3v) is 2.13. The lowest BCUT2D eigenvalue weighted by Crippen LogP contribution is -2.05. The van der Waals surface area contributed by atoms with Crippen LogP contribution >= 0.6 is 0 Å². The van der Waals surface area contributed by atoms with Crippen LogP contribution in [-0.2, 0) is 6.61 Å². The van der Waals surface area contributed by atoms with Crippen LogP contribution in [0.5, 0.6) is 5.75 Å². The number of aliphatic hydroxyl groups is 1. The Kier molecular flexibility index (Phi) is 4.61. The van der Waals surface area contributed by atoms with Gasteiger partial charge in [-0.2, -0.15) is 0 Å². The summed E-state index contributed by atoms with van der Waals surface area (Å²) in [6.45, 7) is 1.23. The van der Waals surface area contributed by atoms with E-state index in [1.165, 1.54) is 0 Å². The second-order valence-corrected chi connectivity index (χ2v) is 3.32. The highest BCUT2D eigenvalue weighted by Gasteiger charge is 2.19. The summed E-state index contributed by atoms with van der Waals surface area (Å²) in [7, 11) is 0. The van der Waals surface area contributed by atoms with Gasteiger partial charge in [-0.1, -0.05) is 13.3 Å². The van der Waals surface area contributed by atoms with E-state index >= 15 is 0 Å². The molecule has 1 aromatic carbocycles. The summed E-state index contributed by atoms with van der Waals surface area (Å²) < 4.78 is 44.5. The van der Waals surface area contributed by atoms with Crippen molar-refractivity contribution in [2.45, 2.75) is 26.4 Å². The molecule has 0 fully saturated rings. The summed E-state index contributed by atoms with van der Waals surface area (Å²) in [5.74, 6) is -4.00. The average molecular weight is 234 g/mol. The highest BCUT2D eigenvalue weighted by Crippen LogP contribution is 2.27. The largest absolute Gasteiger partial charge is 0.488 e. The predicted octanol–water partition coefficient (Wildman–Crippen LogP) is 2.78. The van der Waals surface area contributed by atoms with Crippen molar-refractivity contribution >= 4 is 0 Å². The second kappa shape index (κ2) is 5.75. The molecule has 5 heteroatoms. The topological polar surface area (TPSA) is 29.5 Å². The Morgan fingerprint density at radius 3 is 2.50 bits per heavy atom. The van der Waals surface area contributed by atoms with Gasteiger partial charge in [0, 0.05) is 6.07 Å². The van der Waals surface area contributed by atoms with Crippen molar-refractivity contribution in [2.75, 3.05) is 6.61 Å². The Morgan fingerprint density at radius 1 is 1.25 bits per heavy atom. The molecule has 0 saturated carbocycles. The molecule has 0 bridgehead atoms. The first-order valence-corrected chi connectivity index (χ1v) is 5.01. The first kappa shape index (κ1) is 12.8. The van der Waals surface area contributed by atoms with Gasteiger partial charge >= 0.3 is 0 Å². The number of aliphatic hydroxyl groups excluding tert-OH is 1. The number of unbranched alkanes of at least 4 members (excludes halogenated alkanes) is 1. The van der Waals surface area contributed by atoms with Gasteiger partial charge < -0.3 is 9.84 Å². The zero-order chi connectivity index (χ0) is 12.1. The minimum atomic E-state index is -1.17. The normalized spacial score (nSPS) is 10.6. The van der Waals surface area contributed by atoms with E-state index < -0.39 is 35.4 Å². The van der Waals surface area contributed by atoms with Crippen LogP contribution in [0.1, 0.15) is 25.3 Å². The lowest BCUT2D eigenvalue weighted by molar-refractivity contribution is 0.251. The van der Waals surface area contributed by atoms with Crippen molar-refractivity contribution in [2.24, 2.45) is 0 Å². The molecule has 0 aromatic heterocycles. The van der Waals surface area contributed by atoms with E-state index in [4.69, 9.17) is 9.84 Å². The molecule has 0 saturated heterocycles. The van der Waals surface area contributed by atoms with Crippen molar-refractivity contribution in [3.8, 4) is 5.75 Å². The smallest absolute Gasteiger partial charge is 0.191 e. The van der Waals surface area contributed by atoms with Gasteiger partial charge in [0.15, 0.2) is 17.4 Å². The number of rotatable bonds is 5. The molecule has 0 aliphatic heterocycles. The van der Waals surface area contributed by atoms with E-state index in [1.807, 2.05) is 6.92 Å². The number of halogens is 3. The highest BCUT2D eigenvalue weighted by molar-refractivity contribution is 5.33. The van der Waals surface area contributed by atoms with E-state index in [1.54, 1.807) is 0 Å². The first-order chi connectivity index (χ1) is 7.61. The minimum absolute atomic E-state index is 0.154. The SMILES string of the molecule is CCCCOc1c(F)cc(F)c(CO)c1F. The fourth-order valence-corrected chi connectivity index (χ4v) is 1.21. The molecule has 0 unspecified atom stereocenters. The molecule has 0 amide bonds. The Balaban J connectivity index is 2.98. The maximum atomic E-state index is 13.5. The summed E-state index contributed by atoms with van der Waals surface area (Å²) in [4.78, 5) is 0. The molecule has 1 rings (SSSR count). The first-order valence-electron chi connectivity index (χ1n) is 5.01. The van der Waals surface area contributed by atoms with Crippen molar-refractivity contribution in [3.63, 3.8) is 0 Å². The number of hydrogen-bond acceptors (Lipinski definition) is 2. The van der Waals surface area contributed by atoms with Crippen LogP contribution in [0.4, 0.5) is 13.2 Å². The van der Waals surface area contributed by atoms with E-state index in [9.17, 15) is 13.2 Å². The third kappa shape index (κ3) is 2.66. The summed E-state index contributed by atoms with van der Waals surface area (Å²) in [5.41, 5.74) is -0.576. The molecule has 90 valence electrons. The standard InChI is InChI=1S/C11H13F3O2/c1-2-3-4-16-11-9(13)5-8(12)7(6-15)10(11)14/h5,15H,2-4,6H2,1H3. The Bertz CT molecular complexity index is 367. The Morgan fingerprint density at radius 2 is 1.94 bits per heavy atom. The molecular formula is C11H13F3O2. The van der Waals surface area contributed by atoms with Gasteiger partial charge in [-0.3, -0.25) is 0 Å². The fraction of sp³-hybridized carbons (Fsp3) is 0.455. The zero-order valence-corrected chi connectivity index (χ0v) is 8.90. The van der Waals surface area contributed by atoms with Crippen LogP contribution < -0.4 is 4.74 Å². The van der Waals surface area contributed by atoms with Gasteiger partial charge in [0.2, 0.25) is 0 Å². The maximum Gasteiger partial charge on any atom is 0.191 e. The van der Waals surface area contributed by atoms with Gasteiger partial charge in [0.25, 0.3) is 0 Å². The summed E-state index contributed by atoms with van der Waals surface area (Å²) >= 11 is 0. The van der Waals surface area contributed by atoms with Crippen molar-refractivity contribution in [1.29, 1.82) is 0 Å². The summed E-state index contributed by atoms with van der Waals surface area (Å²) in [6.07, 6.45) is 1.46. The quantitative estimate of drug-likeness (QED) is 0.794. The minimum Gasteiger partial charge on any atom is -0.488 e. The summed E-state index contributed by atoms with van der Waals surface area (Å²) in [6, 6.07) is 0.510. The van der Waals surface area contributed by atoms with Crippen molar-refractivity contribution < 1.29 is 23.0 Å². The molecule has 1 aromatic rings. The fourth-order valence-electron chi connectivity index (χ4n) is 1.21. The molecule has 2 nitrogen and oxygen atoms in total. The van der Waals surface area contributed by atoms with Crippen LogP contribution in [0.25, 0.3) is 0 Å². The van der Waals surface area contributed by atoms with Crippen molar-refractivity contribution in [3.05, 3.63) is 29.1 Å².